The molecule has 2 aromatic rings. The van der Waals surface area contributed by atoms with Gasteiger partial charge in [0, 0.05) is 11.5 Å². The number of hydrogen-bond donors (Lipinski definition) is 2. The number of nitrogens with zero attached hydrogens (tertiary/aromatic N) is 3. The van der Waals surface area contributed by atoms with Crippen molar-refractivity contribution in [2.24, 2.45) is 0 Å². The largest absolute Gasteiger partial charge is 0.383 e. The summed E-state index contributed by atoms with van der Waals surface area (Å²) in [7, 11) is 0. The van der Waals surface area contributed by atoms with E-state index in [0.717, 1.165) is 0 Å². The fourth-order valence-corrected chi connectivity index (χ4v) is 1.75. The molecule has 6 heteroatoms. The molecule has 0 unspecified atom stereocenters. The van der Waals surface area contributed by atoms with Gasteiger partial charge in [0.05, 0.1) is 17.3 Å². The van der Waals surface area contributed by atoms with E-state index in [-0.39, 0.29) is 17.2 Å². The maximum Gasteiger partial charge on any atom is 0.147 e. The van der Waals surface area contributed by atoms with Crippen LogP contribution < -0.4 is 11.1 Å². The molecule has 1 aromatic carbocycles. The zero-order valence-electron chi connectivity index (χ0n) is 12.1. The molecule has 108 valence electrons. The van der Waals surface area contributed by atoms with Crippen LogP contribution in [0.25, 0.3) is 0 Å². The monoisotopic (exact) mass is 285 g/mol. The van der Waals surface area contributed by atoms with Crippen LogP contribution in [-0.4, -0.2) is 9.97 Å². The Labute approximate surface area is 122 Å². The highest BCUT2D eigenvalue weighted by Crippen LogP contribution is 2.26. The van der Waals surface area contributed by atoms with Crippen LogP contribution in [-0.2, 0) is 0 Å². The molecule has 0 radical (unpaired) electrons. The van der Waals surface area contributed by atoms with Crippen molar-refractivity contribution in [3.63, 3.8) is 0 Å². The zero-order chi connectivity index (χ0) is 15.6. The van der Waals surface area contributed by atoms with Gasteiger partial charge in [0.1, 0.15) is 23.3 Å². The number of nitrogens with one attached hydrogen (secondary N) is 1. The number of halogens is 1. The van der Waals surface area contributed by atoms with Gasteiger partial charge in [-0.15, -0.1) is 0 Å². The van der Waals surface area contributed by atoms with Gasteiger partial charge in [-0.25, -0.2) is 14.4 Å². The number of rotatable bonds is 3. The van der Waals surface area contributed by atoms with Gasteiger partial charge in [-0.3, -0.25) is 0 Å². The maximum atomic E-state index is 13.9. The summed E-state index contributed by atoms with van der Waals surface area (Å²) in [4.78, 5) is 8.59. The molecule has 0 amide bonds. The zero-order valence-corrected chi connectivity index (χ0v) is 12.1. The molecule has 5 nitrogen and oxygen atoms in total. The standard InChI is InChI=1S/C15H16FN5/c1-8(2)14-20-13(18)9(3)15(21-14)19-12-5-4-10(7-17)6-11(12)16/h4-6,8H,1-3H3,(H3,18,19,20,21). The highest BCUT2D eigenvalue weighted by Gasteiger charge is 2.13. The first-order chi connectivity index (χ1) is 9.92. The number of nitrogens with two attached hydrogens (primary N) is 1. The Bertz CT molecular complexity index is 719. The van der Waals surface area contributed by atoms with Crippen LogP contribution in [0.5, 0.6) is 0 Å². The molecular weight excluding hydrogens is 269 g/mol. The maximum absolute atomic E-state index is 13.9. The Morgan fingerprint density at radius 3 is 2.62 bits per heavy atom. The second-order valence-corrected chi connectivity index (χ2v) is 5.03. The minimum atomic E-state index is -0.517. The Hall–Kier alpha value is -2.68. The number of nitrogen functional groups attached to an aromatic ring is 1. The fraction of sp³-hybridized carbons (Fsp3) is 0.267. The lowest BCUT2D eigenvalue weighted by molar-refractivity contribution is 0.631. The first kappa shape index (κ1) is 14.7. The SMILES string of the molecule is Cc1c(N)nc(C(C)C)nc1Nc1ccc(C#N)cc1F. The van der Waals surface area contributed by atoms with E-state index in [1.807, 2.05) is 19.9 Å². The molecule has 0 aliphatic rings. The van der Waals surface area contributed by atoms with Gasteiger partial charge in [0.15, 0.2) is 0 Å². The minimum Gasteiger partial charge on any atom is -0.383 e. The molecule has 0 spiro atoms. The van der Waals surface area contributed by atoms with Gasteiger partial charge in [-0.05, 0) is 25.1 Å². The lowest BCUT2D eigenvalue weighted by Crippen LogP contribution is -2.08. The van der Waals surface area contributed by atoms with Crippen molar-refractivity contribution in [3.05, 3.63) is 41.0 Å². The first-order valence-electron chi connectivity index (χ1n) is 6.53. The van der Waals surface area contributed by atoms with E-state index in [1.165, 1.54) is 18.2 Å². The topological polar surface area (TPSA) is 87.6 Å². The van der Waals surface area contributed by atoms with E-state index in [1.54, 1.807) is 6.92 Å². The lowest BCUT2D eigenvalue weighted by Gasteiger charge is -2.14. The highest BCUT2D eigenvalue weighted by molar-refractivity contribution is 5.64. The van der Waals surface area contributed by atoms with Crippen molar-refractivity contribution in [1.29, 1.82) is 5.26 Å². The number of aromatic nitrogens is 2. The van der Waals surface area contributed by atoms with Crippen molar-refractivity contribution >= 4 is 17.3 Å². The summed E-state index contributed by atoms with van der Waals surface area (Å²) in [5.41, 5.74) is 7.03. The molecule has 0 saturated carbocycles. The molecule has 0 atom stereocenters. The van der Waals surface area contributed by atoms with Crippen molar-refractivity contribution in [2.45, 2.75) is 26.7 Å². The second kappa shape index (κ2) is 5.75. The third-order valence-electron chi connectivity index (χ3n) is 3.07. The van der Waals surface area contributed by atoms with Crippen LogP contribution in [0.2, 0.25) is 0 Å². The van der Waals surface area contributed by atoms with Crippen molar-refractivity contribution < 1.29 is 4.39 Å². The summed E-state index contributed by atoms with van der Waals surface area (Å²) in [5.74, 6) is 1.02. The van der Waals surface area contributed by atoms with E-state index in [0.29, 0.717) is 23.0 Å². The predicted octanol–water partition coefficient (Wildman–Crippen LogP) is 3.25. The quantitative estimate of drug-likeness (QED) is 0.903. The van der Waals surface area contributed by atoms with Crippen molar-refractivity contribution in [1.82, 2.24) is 9.97 Å². The van der Waals surface area contributed by atoms with E-state index >= 15 is 0 Å². The Morgan fingerprint density at radius 1 is 1.33 bits per heavy atom. The van der Waals surface area contributed by atoms with Crippen LogP contribution in [0.4, 0.5) is 21.7 Å². The average molecular weight is 285 g/mol. The number of hydrogen-bond acceptors (Lipinski definition) is 5. The van der Waals surface area contributed by atoms with Gasteiger partial charge in [0.25, 0.3) is 0 Å². The predicted molar refractivity (Wildman–Crippen MR) is 79.7 cm³/mol. The normalized spacial score (nSPS) is 10.5. The van der Waals surface area contributed by atoms with Gasteiger partial charge < -0.3 is 11.1 Å². The van der Waals surface area contributed by atoms with E-state index in [4.69, 9.17) is 11.0 Å². The summed E-state index contributed by atoms with van der Waals surface area (Å²) in [6.07, 6.45) is 0. The van der Waals surface area contributed by atoms with E-state index in [2.05, 4.69) is 15.3 Å². The van der Waals surface area contributed by atoms with Crippen LogP contribution >= 0.6 is 0 Å². The lowest BCUT2D eigenvalue weighted by atomic mass is 10.2. The number of nitriles is 1. The van der Waals surface area contributed by atoms with E-state index < -0.39 is 5.82 Å². The molecule has 21 heavy (non-hydrogen) atoms. The summed E-state index contributed by atoms with van der Waals surface area (Å²) in [6.45, 7) is 5.68. The molecule has 0 aliphatic carbocycles. The molecule has 3 N–H and O–H groups in total. The molecule has 1 heterocycles. The van der Waals surface area contributed by atoms with E-state index in [9.17, 15) is 4.39 Å². The van der Waals surface area contributed by atoms with Gasteiger partial charge in [0.2, 0.25) is 0 Å². The summed E-state index contributed by atoms with van der Waals surface area (Å²) < 4.78 is 13.9. The van der Waals surface area contributed by atoms with Crippen molar-refractivity contribution in [2.75, 3.05) is 11.1 Å². The number of benzene rings is 1. The molecule has 0 fully saturated rings. The summed E-state index contributed by atoms with van der Waals surface area (Å²) in [5, 5.41) is 11.7. The average Bonchev–Trinajstić information content (AvgIpc) is 2.45. The molecule has 0 aliphatic heterocycles. The second-order valence-electron chi connectivity index (χ2n) is 5.03. The van der Waals surface area contributed by atoms with Crippen LogP contribution in [0, 0.1) is 24.1 Å². The molecule has 0 saturated heterocycles. The molecule has 2 rings (SSSR count). The van der Waals surface area contributed by atoms with Crippen molar-refractivity contribution in [3.8, 4) is 6.07 Å². The number of anilines is 3. The van der Waals surface area contributed by atoms with Crippen LogP contribution in [0.15, 0.2) is 18.2 Å². The van der Waals surface area contributed by atoms with Gasteiger partial charge in [-0.2, -0.15) is 5.26 Å². The van der Waals surface area contributed by atoms with Gasteiger partial charge in [-0.1, -0.05) is 13.8 Å². The van der Waals surface area contributed by atoms with Gasteiger partial charge >= 0.3 is 0 Å². The molecular formula is C15H16FN5. The van der Waals surface area contributed by atoms with Crippen LogP contribution in [0.1, 0.15) is 36.7 Å². The highest BCUT2D eigenvalue weighted by atomic mass is 19.1. The summed E-state index contributed by atoms with van der Waals surface area (Å²) in [6, 6.07) is 6.10. The van der Waals surface area contributed by atoms with Crippen LogP contribution in [0.3, 0.4) is 0 Å². The summed E-state index contributed by atoms with van der Waals surface area (Å²) >= 11 is 0. The Morgan fingerprint density at radius 2 is 2.05 bits per heavy atom. The fourth-order valence-electron chi connectivity index (χ4n) is 1.75. The minimum absolute atomic E-state index is 0.110. The third-order valence-corrected chi connectivity index (χ3v) is 3.07. The Balaban J connectivity index is 2.42. The smallest absolute Gasteiger partial charge is 0.147 e. The Kier molecular flexibility index (Phi) is 4.03. The molecule has 1 aromatic heterocycles. The molecule has 0 bridgehead atoms. The third kappa shape index (κ3) is 3.08. The first-order valence-corrected chi connectivity index (χ1v) is 6.53.